The lowest BCUT2D eigenvalue weighted by atomic mass is 9.76. The first-order valence-corrected chi connectivity index (χ1v) is 8.22. The van der Waals surface area contributed by atoms with E-state index in [-0.39, 0.29) is 11.3 Å². The van der Waals surface area contributed by atoms with Gasteiger partial charge in [0.05, 0.1) is 10.5 Å². The third-order valence-electron chi connectivity index (χ3n) is 4.07. The summed E-state index contributed by atoms with van der Waals surface area (Å²) < 4.78 is 23.4. The molecule has 0 saturated heterocycles. The Balaban J connectivity index is 2.57. The van der Waals surface area contributed by atoms with Crippen molar-refractivity contribution in [3.63, 3.8) is 0 Å². The zero-order chi connectivity index (χ0) is 13.3. The van der Waals surface area contributed by atoms with Crippen LogP contribution in [0, 0.1) is 5.92 Å². The van der Waals surface area contributed by atoms with E-state index in [0.717, 1.165) is 31.6 Å². The fraction of sp³-hybridized carbons (Fsp3) is 1.00. The van der Waals surface area contributed by atoms with Crippen LogP contribution in [0.5, 0.6) is 0 Å². The van der Waals surface area contributed by atoms with Crippen molar-refractivity contribution < 1.29 is 8.42 Å². The van der Waals surface area contributed by atoms with Gasteiger partial charge in [-0.2, -0.15) is 0 Å². The molecule has 102 valence electrons. The summed E-state index contributed by atoms with van der Waals surface area (Å²) in [5, 5.41) is 0. The molecule has 0 amide bonds. The summed E-state index contributed by atoms with van der Waals surface area (Å²) in [4.78, 5) is 0. The number of nitrogens with two attached hydrogens (primary N) is 1. The quantitative estimate of drug-likeness (QED) is 0.849. The van der Waals surface area contributed by atoms with Gasteiger partial charge >= 0.3 is 0 Å². The molecule has 1 aliphatic carbocycles. The molecule has 3 nitrogen and oxygen atoms in total. The number of hydrogen-bond donors (Lipinski definition) is 1. The van der Waals surface area contributed by atoms with Gasteiger partial charge in [0.1, 0.15) is 0 Å². The van der Waals surface area contributed by atoms with Crippen LogP contribution in [-0.2, 0) is 9.84 Å². The van der Waals surface area contributed by atoms with Crippen molar-refractivity contribution in [3.8, 4) is 0 Å². The zero-order valence-electron chi connectivity index (χ0n) is 11.6. The van der Waals surface area contributed by atoms with Crippen LogP contribution in [0.4, 0.5) is 0 Å². The second kappa shape index (κ2) is 4.88. The van der Waals surface area contributed by atoms with Crippen molar-refractivity contribution >= 4 is 9.84 Å². The minimum absolute atomic E-state index is 0.224. The molecule has 0 heterocycles. The summed E-state index contributed by atoms with van der Waals surface area (Å²) in [6, 6.07) is 0. The Hall–Kier alpha value is -0.0900. The van der Waals surface area contributed by atoms with Crippen molar-refractivity contribution in [2.75, 3.05) is 5.75 Å². The maximum Gasteiger partial charge on any atom is 0.155 e. The van der Waals surface area contributed by atoms with E-state index in [1.165, 1.54) is 0 Å². The molecule has 0 radical (unpaired) electrons. The predicted molar refractivity (Wildman–Crippen MR) is 72.7 cm³/mol. The molecule has 0 aliphatic heterocycles. The van der Waals surface area contributed by atoms with Gasteiger partial charge in [0, 0.05) is 5.54 Å². The second-order valence-electron chi connectivity index (χ2n) is 6.73. The van der Waals surface area contributed by atoms with Gasteiger partial charge in [-0.15, -0.1) is 0 Å². The van der Waals surface area contributed by atoms with Gasteiger partial charge in [-0.25, -0.2) is 8.42 Å². The molecular weight excluding hydrogens is 234 g/mol. The molecular formula is C13H27NO2S. The van der Waals surface area contributed by atoms with Crippen LogP contribution in [0.15, 0.2) is 0 Å². The normalized spacial score (nSPS) is 31.5. The van der Waals surface area contributed by atoms with Gasteiger partial charge < -0.3 is 5.73 Å². The van der Waals surface area contributed by atoms with Crippen LogP contribution in [0.3, 0.4) is 0 Å². The molecule has 0 unspecified atom stereocenters. The van der Waals surface area contributed by atoms with Gasteiger partial charge in [0.2, 0.25) is 0 Å². The van der Waals surface area contributed by atoms with E-state index in [1.807, 2.05) is 0 Å². The largest absolute Gasteiger partial charge is 0.325 e. The van der Waals surface area contributed by atoms with Crippen LogP contribution in [0.2, 0.25) is 0 Å². The third-order valence-corrected chi connectivity index (χ3v) is 6.68. The average Bonchev–Trinajstić information content (AvgIpc) is 2.19. The topological polar surface area (TPSA) is 60.2 Å². The van der Waals surface area contributed by atoms with Gasteiger partial charge in [-0.05, 0) is 58.8 Å². The lowest BCUT2D eigenvalue weighted by molar-refractivity contribution is 0.239. The molecule has 0 atom stereocenters. The monoisotopic (exact) mass is 261 g/mol. The highest BCUT2D eigenvalue weighted by atomic mass is 32.2. The number of hydrogen-bond acceptors (Lipinski definition) is 3. The molecule has 0 aromatic carbocycles. The summed E-state index contributed by atoms with van der Waals surface area (Å²) in [6.45, 7) is 7.52. The van der Waals surface area contributed by atoms with Crippen LogP contribution >= 0.6 is 0 Å². The standard InChI is InChI=1S/C13H27NO2S/c1-11-5-7-13(14,8-6-11)9-10-17(15,16)12(2,3)4/h11H,5-10,14H2,1-4H3. The number of sulfone groups is 1. The smallest absolute Gasteiger partial charge is 0.155 e. The Kier molecular flexibility index (Phi) is 4.30. The minimum atomic E-state index is -3.03. The SMILES string of the molecule is CC1CCC(N)(CCS(=O)(=O)C(C)(C)C)CC1. The highest BCUT2D eigenvalue weighted by Crippen LogP contribution is 2.33. The fourth-order valence-corrected chi connectivity index (χ4v) is 3.52. The van der Waals surface area contributed by atoms with E-state index in [4.69, 9.17) is 5.73 Å². The highest BCUT2D eigenvalue weighted by molar-refractivity contribution is 7.92. The number of rotatable bonds is 3. The Morgan fingerprint density at radius 3 is 2.12 bits per heavy atom. The Morgan fingerprint density at radius 1 is 1.24 bits per heavy atom. The van der Waals surface area contributed by atoms with E-state index in [2.05, 4.69) is 6.92 Å². The van der Waals surface area contributed by atoms with E-state index in [1.54, 1.807) is 20.8 Å². The maximum atomic E-state index is 12.0. The summed E-state index contributed by atoms with van der Waals surface area (Å²) in [5.74, 6) is 0.965. The van der Waals surface area contributed by atoms with Crippen molar-refractivity contribution in [2.45, 2.75) is 70.1 Å². The van der Waals surface area contributed by atoms with Gasteiger partial charge in [0.25, 0.3) is 0 Å². The van der Waals surface area contributed by atoms with Crippen LogP contribution < -0.4 is 5.73 Å². The highest BCUT2D eigenvalue weighted by Gasteiger charge is 2.35. The van der Waals surface area contributed by atoms with E-state index in [0.29, 0.717) is 6.42 Å². The van der Waals surface area contributed by atoms with Gasteiger partial charge in [-0.3, -0.25) is 0 Å². The van der Waals surface area contributed by atoms with Crippen LogP contribution in [0.25, 0.3) is 0 Å². The molecule has 0 aromatic heterocycles. The van der Waals surface area contributed by atoms with Crippen LogP contribution in [-0.4, -0.2) is 24.5 Å². The van der Waals surface area contributed by atoms with Crippen molar-refractivity contribution in [3.05, 3.63) is 0 Å². The predicted octanol–water partition coefficient (Wildman–Crippen LogP) is 2.50. The third kappa shape index (κ3) is 3.95. The lowest BCUT2D eigenvalue weighted by Gasteiger charge is -2.36. The minimum Gasteiger partial charge on any atom is -0.325 e. The molecule has 4 heteroatoms. The Morgan fingerprint density at radius 2 is 1.71 bits per heavy atom. The molecule has 0 bridgehead atoms. The average molecular weight is 261 g/mol. The first-order valence-electron chi connectivity index (χ1n) is 6.57. The van der Waals surface area contributed by atoms with E-state index < -0.39 is 14.6 Å². The summed E-state index contributed by atoms with van der Waals surface area (Å²) in [7, 11) is -3.03. The van der Waals surface area contributed by atoms with Crippen LogP contribution in [0.1, 0.15) is 59.8 Å². The van der Waals surface area contributed by atoms with Gasteiger partial charge in [-0.1, -0.05) is 6.92 Å². The van der Waals surface area contributed by atoms with Crippen molar-refractivity contribution in [2.24, 2.45) is 11.7 Å². The molecule has 0 aromatic rings. The Bertz CT molecular complexity index is 346. The zero-order valence-corrected chi connectivity index (χ0v) is 12.4. The van der Waals surface area contributed by atoms with Crippen molar-refractivity contribution in [1.29, 1.82) is 0 Å². The molecule has 17 heavy (non-hydrogen) atoms. The summed E-state index contributed by atoms with van der Waals surface area (Å²) >= 11 is 0. The first-order chi connectivity index (χ1) is 7.56. The summed E-state index contributed by atoms with van der Waals surface area (Å²) in [5.41, 5.74) is 6.06. The maximum absolute atomic E-state index is 12.0. The van der Waals surface area contributed by atoms with E-state index in [9.17, 15) is 8.42 Å². The second-order valence-corrected chi connectivity index (χ2v) is 9.59. The molecule has 1 rings (SSSR count). The first kappa shape index (κ1) is 15.0. The van der Waals surface area contributed by atoms with Gasteiger partial charge in [0.15, 0.2) is 9.84 Å². The lowest BCUT2D eigenvalue weighted by Crippen LogP contribution is -2.45. The summed E-state index contributed by atoms with van der Waals surface area (Å²) in [6.07, 6.45) is 4.80. The Labute approximate surface area is 106 Å². The molecule has 0 spiro atoms. The molecule has 2 N–H and O–H groups in total. The molecule has 1 aliphatic rings. The van der Waals surface area contributed by atoms with E-state index >= 15 is 0 Å². The molecule has 1 fully saturated rings. The molecule has 1 saturated carbocycles. The fourth-order valence-electron chi connectivity index (χ4n) is 2.23. The van der Waals surface area contributed by atoms with Crippen molar-refractivity contribution in [1.82, 2.24) is 0 Å².